The van der Waals surface area contributed by atoms with Gasteiger partial charge in [0.25, 0.3) is 5.91 Å². The highest BCUT2D eigenvalue weighted by Crippen LogP contribution is 2.27. The number of likely N-dealkylation sites (tertiary alicyclic amines) is 1. The lowest BCUT2D eigenvalue weighted by Crippen LogP contribution is -2.27. The number of nitrogens with zero attached hydrogens (tertiary/aromatic N) is 3. The Morgan fingerprint density at radius 2 is 1.86 bits per heavy atom. The van der Waals surface area contributed by atoms with E-state index in [1.165, 1.54) is 23.8 Å². The quantitative estimate of drug-likeness (QED) is 0.648. The summed E-state index contributed by atoms with van der Waals surface area (Å²) < 4.78 is 11.9. The molecule has 1 atom stereocenters. The van der Waals surface area contributed by atoms with Crippen molar-refractivity contribution >= 4 is 17.8 Å². The molecule has 1 aromatic carbocycles. The SMILES string of the molecule is COc1cc(C#Cc2nn([C@H]3CCN(C(=O)O)C3)c(N)c2C(N)=O)cc(OC)c1. The minimum absolute atomic E-state index is 0.0149. The number of aromatic nitrogens is 2. The molecule has 29 heavy (non-hydrogen) atoms. The fraction of sp³-hybridized carbons (Fsp3) is 0.316. The summed E-state index contributed by atoms with van der Waals surface area (Å²) in [4.78, 5) is 24.4. The number of anilines is 1. The van der Waals surface area contributed by atoms with Gasteiger partial charge in [0, 0.05) is 24.7 Å². The van der Waals surface area contributed by atoms with E-state index in [1.807, 2.05) is 0 Å². The molecule has 1 saturated heterocycles. The van der Waals surface area contributed by atoms with Crippen molar-refractivity contribution in [3.05, 3.63) is 35.0 Å². The van der Waals surface area contributed by atoms with Gasteiger partial charge >= 0.3 is 6.09 Å². The lowest BCUT2D eigenvalue weighted by atomic mass is 10.1. The second kappa shape index (κ2) is 8.02. The van der Waals surface area contributed by atoms with Crippen molar-refractivity contribution in [2.75, 3.05) is 33.0 Å². The average Bonchev–Trinajstić information content (AvgIpc) is 3.30. The molecule has 0 spiro atoms. The third kappa shape index (κ3) is 4.03. The molecule has 2 amide bonds. The van der Waals surface area contributed by atoms with Crippen molar-refractivity contribution < 1.29 is 24.2 Å². The zero-order chi connectivity index (χ0) is 21.1. The van der Waals surface area contributed by atoms with Crippen LogP contribution in [0.5, 0.6) is 11.5 Å². The van der Waals surface area contributed by atoms with E-state index in [0.29, 0.717) is 30.0 Å². The third-order valence-electron chi connectivity index (χ3n) is 4.65. The van der Waals surface area contributed by atoms with E-state index in [4.69, 9.17) is 26.0 Å². The van der Waals surface area contributed by atoms with E-state index in [9.17, 15) is 9.59 Å². The second-order valence-corrected chi connectivity index (χ2v) is 6.44. The number of carbonyl (C=O) groups excluding carboxylic acids is 1. The summed E-state index contributed by atoms with van der Waals surface area (Å²) in [5.41, 5.74) is 12.3. The third-order valence-corrected chi connectivity index (χ3v) is 4.65. The number of methoxy groups -OCH3 is 2. The molecule has 0 aliphatic carbocycles. The molecule has 3 rings (SSSR count). The van der Waals surface area contributed by atoms with Gasteiger partial charge in [0.15, 0.2) is 5.69 Å². The highest BCUT2D eigenvalue weighted by atomic mass is 16.5. The summed E-state index contributed by atoms with van der Waals surface area (Å²) in [6.07, 6.45) is -0.489. The van der Waals surface area contributed by atoms with Gasteiger partial charge in [0.2, 0.25) is 0 Å². The molecule has 1 aliphatic rings. The van der Waals surface area contributed by atoms with Crippen LogP contribution in [0.4, 0.5) is 10.6 Å². The number of hydrogen-bond acceptors (Lipinski definition) is 6. The summed E-state index contributed by atoms with van der Waals surface area (Å²) in [6, 6.07) is 4.83. The largest absolute Gasteiger partial charge is 0.497 e. The number of nitrogen functional groups attached to an aromatic ring is 1. The van der Waals surface area contributed by atoms with Gasteiger partial charge < -0.3 is 30.9 Å². The van der Waals surface area contributed by atoms with Crippen LogP contribution in [0.1, 0.15) is 34.1 Å². The second-order valence-electron chi connectivity index (χ2n) is 6.44. The zero-order valence-corrected chi connectivity index (χ0v) is 16.0. The molecule has 2 heterocycles. The fourth-order valence-electron chi connectivity index (χ4n) is 3.18. The molecule has 5 N–H and O–H groups in total. The molecule has 0 radical (unpaired) electrons. The summed E-state index contributed by atoms with van der Waals surface area (Å²) in [5, 5.41) is 13.5. The van der Waals surface area contributed by atoms with Crippen LogP contribution in [0.15, 0.2) is 18.2 Å². The van der Waals surface area contributed by atoms with Crippen molar-refractivity contribution in [2.45, 2.75) is 12.5 Å². The van der Waals surface area contributed by atoms with Crippen LogP contribution in [-0.4, -0.2) is 59.1 Å². The van der Waals surface area contributed by atoms with Crippen LogP contribution in [0.2, 0.25) is 0 Å². The van der Waals surface area contributed by atoms with Crippen molar-refractivity contribution in [2.24, 2.45) is 5.73 Å². The van der Waals surface area contributed by atoms with Crippen molar-refractivity contribution in [3.63, 3.8) is 0 Å². The molecular formula is C19H21N5O5. The Bertz CT molecular complexity index is 998. The predicted octanol–water partition coefficient (Wildman–Crippen LogP) is 0.906. The Kier molecular flexibility index (Phi) is 5.50. The maximum atomic E-state index is 11.9. The molecule has 152 valence electrons. The maximum absolute atomic E-state index is 11.9. The van der Waals surface area contributed by atoms with Crippen LogP contribution in [0, 0.1) is 11.8 Å². The van der Waals surface area contributed by atoms with Gasteiger partial charge in [0.05, 0.1) is 20.3 Å². The number of rotatable bonds is 4. The number of primary amides is 1. The highest BCUT2D eigenvalue weighted by molar-refractivity contribution is 5.99. The smallest absolute Gasteiger partial charge is 0.407 e. The number of hydrogen-bond donors (Lipinski definition) is 3. The first-order valence-corrected chi connectivity index (χ1v) is 8.74. The zero-order valence-electron chi connectivity index (χ0n) is 16.0. The Morgan fingerprint density at radius 3 is 2.38 bits per heavy atom. The lowest BCUT2D eigenvalue weighted by Gasteiger charge is -2.13. The molecule has 1 aliphatic heterocycles. The monoisotopic (exact) mass is 399 g/mol. The topological polar surface area (TPSA) is 146 Å². The molecule has 10 heteroatoms. The van der Waals surface area contributed by atoms with E-state index in [1.54, 1.807) is 18.2 Å². The maximum Gasteiger partial charge on any atom is 0.407 e. The van der Waals surface area contributed by atoms with Crippen molar-refractivity contribution in [1.82, 2.24) is 14.7 Å². The minimum Gasteiger partial charge on any atom is -0.497 e. The molecule has 10 nitrogen and oxygen atoms in total. The van der Waals surface area contributed by atoms with Gasteiger partial charge in [-0.05, 0) is 24.5 Å². The van der Waals surface area contributed by atoms with Crippen LogP contribution in [-0.2, 0) is 0 Å². The first-order valence-electron chi connectivity index (χ1n) is 8.74. The van der Waals surface area contributed by atoms with Gasteiger partial charge in [0.1, 0.15) is 22.9 Å². The number of amides is 2. The molecule has 0 unspecified atom stereocenters. The summed E-state index contributed by atoms with van der Waals surface area (Å²) in [7, 11) is 3.06. The summed E-state index contributed by atoms with van der Waals surface area (Å²) in [6.45, 7) is 0.579. The number of benzene rings is 1. The number of nitrogens with two attached hydrogens (primary N) is 2. The van der Waals surface area contributed by atoms with Gasteiger partial charge in [-0.3, -0.25) is 4.79 Å². The van der Waals surface area contributed by atoms with Crippen molar-refractivity contribution in [3.8, 4) is 23.3 Å². The van der Waals surface area contributed by atoms with E-state index in [2.05, 4.69) is 16.9 Å². The van der Waals surface area contributed by atoms with Crippen LogP contribution < -0.4 is 20.9 Å². The van der Waals surface area contributed by atoms with Gasteiger partial charge in [-0.1, -0.05) is 5.92 Å². The summed E-state index contributed by atoms with van der Waals surface area (Å²) >= 11 is 0. The van der Waals surface area contributed by atoms with Crippen LogP contribution in [0.25, 0.3) is 0 Å². The first-order chi connectivity index (χ1) is 13.8. The molecule has 1 aromatic heterocycles. The van der Waals surface area contributed by atoms with E-state index in [0.717, 1.165) is 0 Å². The Labute approximate surface area is 167 Å². The summed E-state index contributed by atoms with van der Waals surface area (Å²) in [5.74, 6) is 6.18. The fourth-order valence-corrected chi connectivity index (χ4v) is 3.18. The van der Waals surface area contributed by atoms with Gasteiger partial charge in [-0.15, -0.1) is 0 Å². The van der Waals surface area contributed by atoms with Crippen molar-refractivity contribution in [1.29, 1.82) is 0 Å². The standard InChI is InChI=1S/C19H21N5O5/c1-28-13-7-11(8-14(9-13)29-2)3-4-15-16(18(21)25)17(20)24(22-15)12-5-6-23(10-12)19(26)27/h7-9,12H,5-6,10,20H2,1-2H3,(H2,21,25)(H,26,27)/t12-/m0/s1. The molecular weight excluding hydrogens is 378 g/mol. The molecule has 1 fully saturated rings. The normalized spacial score (nSPS) is 15.5. The average molecular weight is 399 g/mol. The van der Waals surface area contributed by atoms with Gasteiger partial charge in [-0.2, -0.15) is 5.10 Å². The van der Waals surface area contributed by atoms with Gasteiger partial charge in [-0.25, -0.2) is 9.48 Å². The lowest BCUT2D eigenvalue weighted by molar-refractivity contribution is 0.100. The number of carboxylic acid groups (broad SMARTS) is 1. The van der Waals surface area contributed by atoms with E-state index in [-0.39, 0.29) is 29.7 Å². The van der Waals surface area contributed by atoms with Crippen LogP contribution in [0.3, 0.4) is 0 Å². The molecule has 0 saturated carbocycles. The van der Waals surface area contributed by atoms with E-state index >= 15 is 0 Å². The Morgan fingerprint density at radius 1 is 1.21 bits per heavy atom. The Hall–Kier alpha value is -3.87. The first kappa shape index (κ1) is 19.9. The minimum atomic E-state index is -1.01. The molecule has 0 bridgehead atoms. The highest BCUT2D eigenvalue weighted by Gasteiger charge is 2.31. The molecule has 2 aromatic rings. The predicted molar refractivity (Wildman–Crippen MR) is 104 cm³/mol. The van der Waals surface area contributed by atoms with Crippen LogP contribution >= 0.6 is 0 Å². The Balaban J connectivity index is 1.98. The number of ether oxygens (including phenoxy) is 2. The van der Waals surface area contributed by atoms with E-state index < -0.39 is 12.0 Å². The number of carbonyl (C=O) groups is 2.